The Bertz CT molecular complexity index is 1190. The summed E-state index contributed by atoms with van der Waals surface area (Å²) < 4.78 is 13.2. The summed E-state index contributed by atoms with van der Waals surface area (Å²) in [6.07, 6.45) is 7.50. The first-order valence-corrected chi connectivity index (χ1v) is 14.5. The zero-order valence-electron chi connectivity index (χ0n) is 23.1. The minimum absolute atomic E-state index is 0.360. The summed E-state index contributed by atoms with van der Waals surface area (Å²) in [5, 5.41) is 0. The fraction of sp³-hybridized carbons (Fsp3) is 0.533. The lowest BCUT2D eigenvalue weighted by molar-refractivity contribution is 0.00578. The van der Waals surface area contributed by atoms with E-state index in [0.29, 0.717) is 5.69 Å². The van der Waals surface area contributed by atoms with E-state index >= 15 is 0 Å². The second-order valence-electron chi connectivity index (χ2n) is 11.3. The standard InChI is InChI=1S/C18H25BN2O2.C12H13BrN2/c1-17(2)18(3,4)23-19(22-17)14-9-10-16(15(13-14)20-5)21-11-7-6-8-12-21;1-14-11-9-10(13)5-6-12(11)15-7-3-2-4-8-15/h9-10,13H,6-8,11-12H2,1-4H3;5-6,9H,2-4,7-8H2. The molecule has 0 radical (unpaired) electrons. The quantitative estimate of drug-likeness (QED) is 0.279. The highest BCUT2D eigenvalue weighted by Gasteiger charge is 2.51. The summed E-state index contributed by atoms with van der Waals surface area (Å²) in [7, 11) is -0.407. The molecule has 0 aromatic heterocycles. The number of halogens is 1. The molecule has 0 aliphatic carbocycles. The Hall–Kier alpha value is -2.52. The maximum Gasteiger partial charge on any atom is 0.493 e. The van der Waals surface area contributed by atoms with E-state index in [1.54, 1.807) is 0 Å². The van der Waals surface area contributed by atoms with Crippen molar-refractivity contribution in [3.8, 4) is 0 Å². The third-order valence-electron chi connectivity index (χ3n) is 8.10. The first-order valence-electron chi connectivity index (χ1n) is 13.7. The van der Waals surface area contributed by atoms with Crippen LogP contribution in [0.25, 0.3) is 9.69 Å². The molecule has 5 rings (SSSR count). The lowest BCUT2D eigenvalue weighted by Gasteiger charge is -2.32. The van der Waals surface area contributed by atoms with Crippen molar-refractivity contribution in [1.82, 2.24) is 0 Å². The summed E-state index contributed by atoms with van der Waals surface area (Å²) in [5.74, 6) is 0. The minimum Gasteiger partial charge on any atom is -0.399 e. The molecule has 0 saturated carbocycles. The first-order chi connectivity index (χ1) is 18.1. The van der Waals surface area contributed by atoms with Crippen molar-refractivity contribution in [2.45, 2.75) is 77.4 Å². The molecule has 0 atom stereocenters. The van der Waals surface area contributed by atoms with Gasteiger partial charge in [0, 0.05) is 42.0 Å². The SMILES string of the molecule is [C-]#[N+]c1cc(B2OC(C)(C)C(C)(C)O2)ccc1N1CCCCC1.[C-]#[N+]c1cc(Br)ccc1N1CCCCC1. The van der Waals surface area contributed by atoms with Crippen LogP contribution in [0.4, 0.5) is 22.7 Å². The highest BCUT2D eigenvalue weighted by molar-refractivity contribution is 9.10. The fourth-order valence-electron chi connectivity index (χ4n) is 5.15. The summed E-state index contributed by atoms with van der Waals surface area (Å²) in [6, 6.07) is 12.0. The number of benzene rings is 2. The molecule has 38 heavy (non-hydrogen) atoms. The van der Waals surface area contributed by atoms with Gasteiger partial charge in [0.2, 0.25) is 11.4 Å². The predicted octanol–water partition coefficient (Wildman–Crippen LogP) is 7.52. The van der Waals surface area contributed by atoms with Gasteiger partial charge in [0.15, 0.2) is 0 Å². The van der Waals surface area contributed by atoms with E-state index in [2.05, 4.69) is 41.5 Å². The van der Waals surface area contributed by atoms with Gasteiger partial charge >= 0.3 is 7.12 Å². The van der Waals surface area contributed by atoms with Crippen LogP contribution >= 0.6 is 15.9 Å². The Morgan fingerprint density at radius 3 is 1.63 bits per heavy atom. The Morgan fingerprint density at radius 1 is 0.711 bits per heavy atom. The molecule has 0 N–H and O–H groups in total. The van der Waals surface area contributed by atoms with Crippen LogP contribution in [-0.4, -0.2) is 44.5 Å². The van der Waals surface area contributed by atoms with Crippen LogP contribution in [0.15, 0.2) is 40.9 Å². The molecule has 3 saturated heterocycles. The minimum atomic E-state index is -0.407. The van der Waals surface area contributed by atoms with Crippen LogP contribution in [0.1, 0.15) is 66.2 Å². The molecule has 3 fully saturated rings. The number of rotatable bonds is 3. The molecule has 8 heteroatoms. The lowest BCUT2D eigenvalue weighted by Crippen LogP contribution is -2.41. The van der Waals surface area contributed by atoms with Gasteiger partial charge in [-0.1, -0.05) is 34.1 Å². The van der Waals surface area contributed by atoms with E-state index in [1.165, 1.54) is 38.5 Å². The van der Waals surface area contributed by atoms with Crippen molar-refractivity contribution < 1.29 is 9.31 Å². The summed E-state index contributed by atoms with van der Waals surface area (Å²) in [4.78, 5) is 12.0. The molecule has 6 nitrogen and oxygen atoms in total. The molecule has 0 bridgehead atoms. The van der Waals surface area contributed by atoms with Gasteiger partial charge in [-0.2, -0.15) is 0 Å². The molecule has 2 aromatic rings. The van der Waals surface area contributed by atoms with E-state index in [-0.39, 0.29) is 11.2 Å². The van der Waals surface area contributed by atoms with Crippen LogP contribution in [0.5, 0.6) is 0 Å². The van der Waals surface area contributed by atoms with Crippen molar-refractivity contribution in [2.75, 3.05) is 36.0 Å². The monoisotopic (exact) mass is 576 g/mol. The molecule has 3 heterocycles. The molecule has 0 amide bonds. The Labute approximate surface area is 237 Å². The van der Waals surface area contributed by atoms with Gasteiger partial charge < -0.3 is 19.1 Å². The second-order valence-corrected chi connectivity index (χ2v) is 12.2. The number of hydrogen-bond acceptors (Lipinski definition) is 4. The van der Waals surface area contributed by atoms with Crippen molar-refractivity contribution in [2.24, 2.45) is 0 Å². The van der Waals surface area contributed by atoms with Crippen molar-refractivity contribution >= 4 is 51.3 Å². The van der Waals surface area contributed by atoms with Gasteiger partial charge in [0.05, 0.1) is 24.3 Å². The lowest BCUT2D eigenvalue weighted by atomic mass is 9.78. The predicted molar refractivity (Wildman–Crippen MR) is 161 cm³/mol. The summed E-state index contributed by atoms with van der Waals surface area (Å²) in [6.45, 7) is 27.2. The average Bonchev–Trinajstić information content (AvgIpc) is 3.16. The maximum absolute atomic E-state index is 7.54. The van der Waals surface area contributed by atoms with Gasteiger partial charge in [-0.3, -0.25) is 0 Å². The number of piperidine rings is 2. The third-order valence-corrected chi connectivity index (χ3v) is 8.59. The number of anilines is 2. The third kappa shape index (κ3) is 6.37. The van der Waals surface area contributed by atoms with E-state index < -0.39 is 7.12 Å². The van der Waals surface area contributed by atoms with Crippen LogP contribution < -0.4 is 15.3 Å². The van der Waals surface area contributed by atoms with E-state index in [4.69, 9.17) is 22.5 Å². The van der Waals surface area contributed by atoms with Gasteiger partial charge in [-0.25, -0.2) is 9.69 Å². The Morgan fingerprint density at radius 2 is 1.16 bits per heavy atom. The normalized spacial score (nSPS) is 20.2. The van der Waals surface area contributed by atoms with Gasteiger partial charge in [0.25, 0.3) is 0 Å². The van der Waals surface area contributed by atoms with Crippen LogP contribution in [0.2, 0.25) is 0 Å². The molecular weight excluding hydrogens is 539 g/mol. The molecule has 2 aromatic carbocycles. The molecule has 0 unspecified atom stereocenters. The smallest absolute Gasteiger partial charge is 0.399 e. The zero-order valence-corrected chi connectivity index (χ0v) is 24.7. The van der Waals surface area contributed by atoms with Gasteiger partial charge in [-0.05, 0) is 89.9 Å². The first kappa shape index (κ1) is 28.5. The molecule has 200 valence electrons. The zero-order chi connectivity index (χ0) is 27.3. The topological polar surface area (TPSA) is 33.7 Å². The average molecular weight is 577 g/mol. The van der Waals surface area contributed by atoms with Crippen molar-refractivity contribution in [1.29, 1.82) is 0 Å². The molecular formula is C30H38BBrN4O2. The highest BCUT2D eigenvalue weighted by Crippen LogP contribution is 2.38. The second kappa shape index (κ2) is 12.1. The maximum atomic E-state index is 7.54. The molecule has 3 aliphatic heterocycles. The van der Waals surface area contributed by atoms with Gasteiger partial charge in [0.1, 0.15) is 0 Å². The van der Waals surface area contributed by atoms with E-state index in [0.717, 1.165) is 53.2 Å². The fourth-order valence-corrected chi connectivity index (χ4v) is 5.50. The van der Waals surface area contributed by atoms with E-state index in [9.17, 15) is 0 Å². The Balaban J connectivity index is 0.000000194. The molecule has 0 spiro atoms. The van der Waals surface area contributed by atoms with Gasteiger partial charge in [-0.15, -0.1) is 0 Å². The Kier molecular flexibility index (Phi) is 9.09. The van der Waals surface area contributed by atoms with Crippen LogP contribution in [0.3, 0.4) is 0 Å². The largest absolute Gasteiger partial charge is 0.493 e. The van der Waals surface area contributed by atoms with Crippen LogP contribution in [-0.2, 0) is 9.31 Å². The molecule has 3 aliphatic rings. The van der Waals surface area contributed by atoms with Crippen molar-refractivity contribution in [3.63, 3.8) is 0 Å². The van der Waals surface area contributed by atoms with Crippen LogP contribution in [0, 0.1) is 13.1 Å². The highest BCUT2D eigenvalue weighted by atomic mass is 79.9. The van der Waals surface area contributed by atoms with Crippen molar-refractivity contribution in [3.05, 3.63) is 63.7 Å². The number of hydrogen-bond donors (Lipinski definition) is 0. The summed E-state index contributed by atoms with van der Waals surface area (Å²) >= 11 is 3.40. The number of nitrogens with zero attached hydrogens (tertiary/aromatic N) is 4. The summed E-state index contributed by atoms with van der Waals surface area (Å²) in [5.41, 5.74) is 3.79. The van der Waals surface area contributed by atoms with E-state index in [1.807, 2.05) is 58.0 Å².